The zero-order valence-electron chi connectivity index (χ0n) is 25.8. The molecule has 1 nitrogen and oxygen atoms in total. The number of benzene rings is 9. The maximum absolute atomic E-state index is 2.38. The summed E-state index contributed by atoms with van der Waals surface area (Å²) in [6, 6.07) is 68.2. The highest BCUT2D eigenvalue weighted by molar-refractivity contribution is 6.21. The molecule has 1 heteroatoms. The number of hydrogen-bond acceptors (Lipinski definition) is 1. The van der Waals surface area contributed by atoms with E-state index in [1.54, 1.807) is 0 Å². The number of nitrogens with zero attached hydrogens (tertiary/aromatic N) is 1. The van der Waals surface area contributed by atoms with Crippen LogP contribution in [0.25, 0.3) is 65.3 Å². The van der Waals surface area contributed by atoms with Crippen molar-refractivity contribution in [2.75, 3.05) is 4.90 Å². The zero-order chi connectivity index (χ0) is 31.2. The van der Waals surface area contributed by atoms with Crippen LogP contribution < -0.4 is 4.90 Å². The Kier molecular flexibility index (Phi) is 6.54. The molecule has 47 heavy (non-hydrogen) atoms. The molecule has 0 heterocycles. The van der Waals surface area contributed by atoms with Gasteiger partial charge in [0.15, 0.2) is 0 Å². The van der Waals surface area contributed by atoms with Crippen LogP contribution >= 0.6 is 0 Å². The smallest absolute Gasteiger partial charge is 0.0462 e. The molecule has 0 aromatic heterocycles. The van der Waals surface area contributed by atoms with Gasteiger partial charge in [0.2, 0.25) is 0 Å². The van der Waals surface area contributed by atoms with Crippen LogP contribution in [0, 0.1) is 0 Å². The monoisotopic (exact) mass is 597 g/mol. The molecular weight excluding hydrogens is 567 g/mol. The molecule has 0 aliphatic carbocycles. The molecule has 0 bridgehead atoms. The molecule has 0 aliphatic rings. The molecule has 220 valence electrons. The van der Waals surface area contributed by atoms with Crippen molar-refractivity contribution >= 4 is 60.2 Å². The quantitative estimate of drug-likeness (QED) is 0.178. The molecule has 9 aromatic rings. The van der Waals surface area contributed by atoms with Crippen molar-refractivity contribution in [1.29, 1.82) is 0 Å². The average molecular weight is 598 g/mol. The summed E-state index contributed by atoms with van der Waals surface area (Å²) in [7, 11) is 0. The number of anilines is 3. The maximum atomic E-state index is 2.38. The molecule has 0 spiro atoms. The molecule has 0 amide bonds. The molecule has 0 fully saturated rings. The lowest BCUT2D eigenvalue weighted by Crippen LogP contribution is -2.09. The molecule has 0 atom stereocenters. The first-order chi connectivity index (χ1) is 23.3. The van der Waals surface area contributed by atoms with E-state index in [9.17, 15) is 0 Å². The number of fused-ring (bicyclic) bond motifs is 6. The van der Waals surface area contributed by atoms with Crippen LogP contribution in [0.1, 0.15) is 0 Å². The Hall–Kier alpha value is -6.18. The predicted molar refractivity (Wildman–Crippen MR) is 202 cm³/mol. The van der Waals surface area contributed by atoms with Crippen molar-refractivity contribution in [3.8, 4) is 22.3 Å². The third-order valence-electron chi connectivity index (χ3n) is 9.43. The minimum atomic E-state index is 1.12. The maximum Gasteiger partial charge on any atom is 0.0462 e. The van der Waals surface area contributed by atoms with E-state index < -0.39 is 0 Å². The van der Waals surface area contributed by atoms with E-state index in [1.165, 1.54) is 65.3 Å². The fourth-order valence-electron chi connectivity index (χ4n) is 7.09. The summed E-state index contributed by atoms with van der Waals surface area (Å²) < 4.78 is 0. The van der Waals surface area contributed by atoms with E-state index in [2.05, 4.69) is 193 Å². The van der Waals surface area contributed by atoms with Crippen LogP contribution in [0.2, 0.25) is 0 Å². The van der Waals surface area contributed by atoms with Crippen molar-refractivity contribution < 1.29 is 0 Å². The topological polar surface area (TPSA) is 3.24 Å². The lowest BCUT2D eigenvalue weighted by Gasteiger charge is -2.26. The van der Waals surface area contributed by atoms with Crippen molar-refractivity contribution in [2.45, 2.75) is 0 Å². The lowest BCUT2D eigenvalue weighted by atomic mass is 9.91. The zero-order valence-corrected chi connectivity index (χ0v) is 25.8. The van der Waals surface area contributed by atoms with Gasteiger partial charge in [-0.1, -0.05) is 140 Å². The summed E-state index contributed by atoms with van der Waals surface area (Å²) in [5.41, 5.74) is 8.26. The van der Waals surface area contributed by atoms with Gasteiger partial charge in [-0.05, 0) is 114 Å². The van der Waals surface area contributed by atoms with Gasteiger partial charge in [-0.25, -0.2) is 0 Å². The minimum Gasteiger partial charge on any atom is -0.311 e. The Morgan fingerprint density at radius 2 is 0.766 bits per heavy atom. The van der Waals surface area contributed by atoms with Crippen LogP contribution in [0.4, 0.5) is 17.1 Å². The molecular formula is C46H31N. The number of hydrogen-bond donors (Lipinski definition) is 0. The van der Waals surface area contributed by atoms with Gasteiger partial charge in [0, 0.05) is 17.1 Å². The van der Waals surface area contributed by atoms with E-state index in [0.29, 0.717) is 0 Å². The second-order valence-corrected chi connectivity index (χ2v) is 12.2. The molecule has 9 rings (SSSR count). The van der Waals surface area contributed by atoms with Crippen molar-refractivity contribution in [2.24, 2.45) is 0 Å². The molecule has 0 radical (unpaired) electrons. The second kappa shape index (κ2) is 11.3. The molecule has 0 saturated heterocycles. The highest BCUT2D eigenvalue weighted by Gasteiger charge is 2.15. The summed E-state index contributed by atoms with van der Waals surface area (Å²) in [4.78, 5) is 2.33. The highest BCUT2D eigenvalue weighted by atomic mass is 15.1. The Morgan fingerprint density at radius 3 is 1.51 bits per heavy atom. The van der Waals surface area contributed by atoms with E-state index >= 15 is 0 Å². The molecule has 0 saturated carbocycles. The van der Waals surface area contributed by atoms with Gasteiger partial charge in [-0.3, -0.25) is 0 Å². The third-order valence-corrected chi connectivity index (χ3v) is 9.43. The highest BCUT2D eigenvalue weighted by Crippen LogP contribution is 2.40. The van der Waals surface area contributed by atoms with Crippen LogP contribution in [0.15, 0.2) is 188 Å². The predicted octanol–water partition coefficient (Wildman–Crippen LogP) is 13.1. The van der Waals surface area contributed by atoms with Gasteiger partial charge in [0.25, 0.3) is 0 Å². The van der Waals surface area contributed by atoms with Crippen molar-refractivity contribution in [3.63, 3.8) is 0 Å². The SMILES string of the molecule is c1ccc(N(c2ccc(-c3ccc4ccccc4c3)cc2)c2ccc(-c3cc4c5ccccc5ccc4c4ccccc34)cc2)cc1. The Bertz CT molecular complexity index is 2550. The Morgan fingerprint density at radius 1 is 0.255 bits per heavy atom. The van der Waals surface area contributed by atoms with Crippen LogP contribution in [-0.4, -0.2) is 0 Å². The minimum absolute atomic E-state index is 1.12. The summed E-state index contributed by atoms with van der Waals surface area (Å²) in [6.45, 7) is 0. The van der Waals surface area contributed by atoms with Crippen LogP contribution in [0.3, 0.4) is 0 Å². The van der Waals surface area contributed by atoms with Gasteiger partial charge >= 0.3 is 0 Å². The van der Waals surface area contributed by atoms with Gasteiger partial charge in [-0.2, -0.15) is 0 Å². The van der Waals surface area contributed by atoms with Gasteiger partial charge in [0.1, 0.15) is 0 Å². The largest absolute Gasteiger partial charge is 0.311 e. The normalized spacial score (nSPS) is 11.4. The summed E-state index contributed by atoms with van der Waals surface area (Å²) >= 11 is 0. The fraction of sp³-hybridized carbons (Fsp3) is 0. The first-order valence-corrected chi connectivity index (χ1v) is 16.2. The van der Waals surface area contributed by atoms with E-state index in [1.807, 2.05) is 0 Å². The second-order valence-electron chi connectivity index (χ2n) is 12.2. The van der Waals surface area contributed by atoms with E-state index in [4.69, 9.17) is 0 Å². The molecule has 9 aromatic carbocycles. The van der Waals surface area contributed by atoms with Crippen molar-refractivity contribution in [1.82, 2.24) is 0 Å². The van der Waals surface area contributed by atoms with E-state index in [0.717, 1.165) is 17.1 Å². The average Bonchev–Trinajstić information content (AvgIpc) is 3.15. The van der Waals surface area contributed by atoms with E-state index in [-0.39, 0.29) is 0 Å². The van der Waals surface area contributed by atoms with Crippen molar-refractivity contribution in [3.05, 3.63) is 188 Å². The van der Waals surface area contributed by atoms with Gasteiger partial charge < -0.3 is 4.90 Å². The standard InChI is InChI=1S/C46H31N/c1-2-13-38(14-3-1)47(39-25-20-33(21-26-39)37-19-18-32-10-4-5-12-36(32)30-37)40-27-22-35(23-28-40)45-31-46-41-15-7-6-11-34(41)24-29-44(46)42-16-8-9-17-43(42)45/h1-31H. The van der Waals surface area contributed by atoms with Crippen LogP contribution in [-0.2, 0) is 0 Å². The first-order valence-electron chi connectivity index (χ1n) is 16.2. The fourth-order valence-corrected chi connectivity index (χ4v) is 7.09. The lowest BCUT2D eigenvalue weighted by molar-refractivity contribution is 1.28. The van der Waals surface area contributed by atoms with Gasteiger partial charge in [-0.15, -0.1) is 0 Å². The summed E-state index contributed by atoms with van der Waals surface area (Å²) in [5.74, 6) is 0. The Balaban J connectivity index is 1.13. The summed E-state index contributed by atoms with van der Waals surface area (Å²) in [6.07, 6.45) is 0. The van der Waals surface area contributed by atoms with Gasteiger partial charge in [0.05, 0.1) is 0 Å². The van der Waals surface area contributed by atoms with Crippen LogP contribution in [0.5, 0.6) is 0 Å². The number of rotatable bonds is 5. The molecule has 0 aliphatic heterocycles. The first kappa shape index (κ1) is 27.2. The number of para-hydroxylation sites is 1. The third kappa shape index (κ3) is 4.81. The molecule has 0 unspecified atom stereocenters. The molecule has 0 N–H and O–H groups in total. The Labute approximate surface area is 274 Å². The summed E-state index contributed by atoms with van der Waals surface area (Å²) in [5, 5.41) is 10.2.